The molecule has 0 amide bonds. The normalized spacial score (nSPS) is 15.4. The first kappa shape index (κ1) is 20.8. The molecule has 0 heterocycles. The molecule has 0 spiro atoms. The van der Waals surface area contributed by atoms with Crippen LogP contribution in [0.1, 0.15) is 47.5 Å². The van der Waals surface area contributed by atoms with Gasteiger partial charge < -0.3 is 19.7 Å². The van der Waals surface area contributed by atoms with Crippen LogP contribution in [0.15, 0.2) is 0 Å². The number of nitrogens with one attached hydrogen (secondary N) is 1. The lowest BCUT2D eigenvalue weighted by Gasteiger charge is -2.37. The molecule has 0 fully saturated rings. The highest BCUT2D eigenvalue weighted by Crippen LogP contribution is 2.23. The molecule has 4 nitrogen and oxygen atoms in total. The fourth-order valence-corrected chi connectivity index (χ4v) is 2.23. The maximum atomic E-state index is 5.25. The van der Waals surface area contributed by atoms with Crippen molar-refractivity contribution in [2.45, 2.75) is 53.0 Å². The van der Waals surface area contributed by atoms with Crippen molar-refractivity contribution in [1.82, 2.24) is 10.2 Å². The molecule has 4 heteroatoms. The Bertz CT molecular complexity index is 254. The summed E-state index contributed by atoms with van der Waals surface area (Å²) in [4.78, 5) is 2.51. The van der Waals surface area contributed by atoms with Crippen molar-refractivity contribution in [2.24, 2.45) is 5.41 Å². The van der Waals surface area contributed by atoms with E-state index in [4.69, 9.17) is 9.47 Å². The molecule has 1 unspecified atom stereocenters. The van der Waals surface area contributed by atoms with Gasteiger partial charge in [0.05, 0.1) is 6.61 Å². The minimum Gasteiger partial charge on any atom is -0.385 e. The molecule has 1 N–H and O–H groups in total. The van der Waals surface area contributed by atoms with Gasteiger partial charge in [0.15, 0.2) is 0 Å². The van der Waals surface area contributed by atoms with Crippen LogP contribution < -0.4 is 5.32 Å². The Hall–Kier alpha value is -0.160. The van der Waals surface area contributed by atoms with Crippen LogP contribution in [0.2, 0.25) is 0 Å². The third-order valence-corrected chi connectivity index (χ3v) is 3.94. The molecule has 0 aliphatic carbocycles. The zero-order chi connectivity index (χ0) is 16.4. The second-order valence-corrected chi connectivity index (χ2v) is 7.38. The molecule has 0 saturated carbocycles. The van der Waals surface area contributed by atoms with Crippen molar-refractivity contribution in [3.05, 3.63) is 0 Å². The highest BCUT2D eigenvalue weighted by Gasteiger charge is 2.26. The lowest BCUT2D eigenvalue weighted by molar-refractivity contribution is 0.0950. The van der Waals surface area contributed by atoms with Crippen LogP contribution in [0, 0.1) is 5.41 Å². The third-order valence-electron chi connectivity index (χ3n) is 3.94. The summed E-state index contributed by atoms with van der Waals surface area (Å²) in [6, 6.07) is 0. The summed E-state index contributed by atoms with van der Waals surface area (Å²) in [5.41, 5.74) is 0.456. The Morgan fingerprint density at radius 2 is 1.57 bits per heavy atom. The van der Waals surface area contributed by atoms with Crippen LogP contribution in [0.5, 0.6) is 0 Å². The molecule has 0 radical (unpaired) electrons. The second-order valence-electron chi connectivity index (χ2n) is 7.38. The van der Waals surface area contributed by atoms with Crippen molar-refractivity contribution >= 4 is 0 Å². The van der Waals surface area contributed by atoms with Crippen LogP contribution in [-0.4, -0.2) is 64.1 Å². The summed E-state index contributed by atoms with van der Waals surface area (Å²) in [5, 5.41) is 3.66. The number of methoxy groups -OCH3 is 2. The van der Waals surface area contributed by atoms with Gasteiger partial charge in [-0.2, -0.15) is 0 Å². The first-order valence-corrected chi connectivity index (χ1v) is 8.21. The Labute approximate surface area is 132 Å². The molecule has 0 aliphatic rings. The van der Waals surface area contributed by atoms with E-state index in [1.807, 2.05) is 0 Å². The van der Waals surface area contributed by atoms with Gasteiger partial charge in [0.1, 0.15) is 0 Å². The summed E-state index contributed by atoms with van der Waals surface area (Å²) in [7, 11) is 3.54. The molecule has 128 valence electrons. The Morgan fingerprint density at radius 3 is 2.05 bits per heavy atom. The molecule has 0 rings (SSSR count). The fraction of sp³-hybridized carbons (Fsp3) is 1.00. The van der Waals surface area contributed by atoms with Crippen LogP contribution in [-0.2, 0) is 9.47 Å². The maximum absolute atomic E-state index is 5.25. The first-order valence-electron chi connectivity index (χ1n) is 8.21. The van der Waals surface area contributed by atoms with E-state index < -0.39 is 0 Å². The SMILES string of the molecule is CCC(C)(CNC(C)(C)C)CN(CCCOC)CCOC. The van der Waals surface area contributed by atoms with Gasteiger partial charge in [-0.05, 0) is 39.0 Å². The largest absolute Gasteiger partial charge is 0.385 e. The highest BCUT2D eigenvalue weighted by molar-refractivity contribution is 4.83. The van der Waals surface area contributed by atoms with E-state index in [0.717, 1.165) is 45.8 Å². The fourth-order valence-electron chi connectivity index (χ4n) is 2.23. The first-order chi connectivity index (χ1) is 9.76. The number of nitrogens with zero attached hydrogens (tertiary/aromatic N) is 1. The van der Waals surface area contributed by atoms with Crippen molar-refractivity contribution in [3.8, 4) is 0 Å². The average Bonchev–Trinajstić information content (AvgIpc) is 2.42. The van der Waals surface area contributed by atoms with Gasteiger partial charge in [-0.3, -0.25) is 0 Å². The van der Waals surface area contributed by atoms with Crippen LogP contribution in [0.4, 0.5) is 0 Å². The van der Waals surface area contributed by atoms with Crippen molar-refractivity contribution < 1.29 is 9.47 Å². The van der Waals surface area contributed by atoms with Crippen LogP contribution in [0.3, 0.4) is 0 Å². The quantitative estimate of drug-likeness (QED) is 0.562. The number of rotatable bonds is 12. The monoisotopic (exact) mass is 302 g/mol. The van der Waals surface area contributed by atoms with Gasteiger partial charge in [0, 0.05) is 52.5 Å². The Morgan fingerprint density at radius 1 is 0.952 bits per heavy atom. The van der Waals surface area contributed by atoms with E-state index in [9.17, 15) is 0 Å². The molecule has 0 bridgehead atoms. The van der Waals surface area contributed by atoms with Crippen LogP contribution in [0.25, 0.3) is 0 Å². The van der Waals surface area contributed by atoms with Crippen molar-refractivity contribution in [2.75, 3.05) is 53.6 Å². The standard InChI is InChI=1S/C17H38N2O2/c1-8-17(5,14-18-16(2,3)4)15-19(11-13-21-7)10-9-12-20-6/h18H,8-15H2,1-7H3. The summed E-state index contributed by atoms with van der Waals surface area (Å²) in [6.45, 7) is 17.2. The van der Waals surface area contributed by atoms with Crippen molar-refractivity contribution in [3.63, 3.8) is 0 Å². The van der Waals surface area contributed by atoms with Gasteiger partial charge in [-0.1, -0.05) is 13.8 Å². The molecular formula is C17H38N2O2. The summed E-state index contributed by atoms with van der Waals surface area (Å²) in [5.74, 6) is 0. The number of hydrogen-bond acceptors (Lipinski definition) is 4. The molecule has 1 atom stereocenters. The molecule has 0 saturated heterocycles. The van der Waals surface area contributed by atoms with Gasteiger partial charge in [0.25, 0.3) is 0 Å². The summed E-state index contributed by atoms with van der Waals surface area (Å²) >= 11 is 0. The molecule has 21 heavy (non-hydrogen) atoms. The van der Waals surface area contributed by atoms with Gasteiger partial charge >= 0.3 is 0 Å². The van der Waals surface area contributed by atoms with E-state index in [-0.39, 0.29) is 11.0 Å². The Balaban J connectivity index is 4.49. The lowest BCUT2D eigenvalue weighted by atomic mass is 9.85. The predicted molar refractivity (Wildman–Crippen MR) is 91.0 cm³/mol. The molecule has 0 aliphatic heterocycles. The lowest BCUT2D eigenvalue weighted by Crippen LogP contribution is -2.48. The van der Waals surface area contributed by atoms with Crippen molar-refractivity contribution in [1.29, 1.82) is 0 Å². The van der Waals surface area contributed by atoms with E-state index in [1.54, 1.807) is 14.2 Å². The third kappa shape index (κ3) is 11.1. The summed E-state index contributed by atoms with van der Waals surface area (Å²) in [6.07, 6.45) is 2.25. The topological polar surface area (TPSA) is 33.7 Å². The molecule has 0 aromatic heterocycles. The zero-order valence-corrected chi connectivity index (χ0v) is 15.4. The zero-order valence-electron chi connectivity index (χ0n) is 15.4. The smallest absolute Gasteiger partial charge is 0.0589 e. The predicted octanol–water partition coefficient (Wildman–Crippen LogP) is 2.78. The molecule has 0 aromatic carbocycles. The Kier molecular flexibility index (Phi) is 10.5. The average molecular weight is 303 g/mol. The highest BCUT2D eigenvalue weighted by atomic mass is 16.5. The number of hydrogen-bond donors (Lipinski definition) is 1. The van der Waals surface area contributed by atoms with Crippen LogP contribution >= 0.6 is 0 Å². The van der Waals surface area contributed by atoms with E-state index in [2.05, 4.69) is 44.8 Å². The van der Waals surface area contributed by atoms with E-state index in [0.29, 0.717) is 0 Å². The minimum atomic E-state index is 0.170. The van der Waals surface area contributed by atoms with E-state index in [1.165, 1.54) is 6.42 Å². The van der Waals surface area contributed by atoms with E-state index >= 15 is 0 Å². The van der Waals surface area contributed by atoms with Gasteiger partial charge in [-0.25, -0.2) is 0 Å². The molecule has 0 aromatic rings. The second kappa shape index (κ2) is 10.5. The van der Waals surface area contributed by atoms with Gasteiger partial charge in [0.2, 0.25) is 0 Å². The minimum absolute atomic E-state index is 0.170. The summed E-state index contributed by atoms with van der Waals surface area (Å²) < 4.78 is 10.4. The number of ether oxygens (including phenoxy) is 2. The maximum Gasteiger partial charge on any atom is 0.0589 e. The molecular weight excluding hydrogens is 264 g/mol. The van der Waals surface area contributed by atoms with Gasteiger partial charge in [-0.15, -0.1) is 0 Å².